The van der Waals surface area contributed by atoms with Crippen LogP contribution in [0.25, 0.3) is 0 Å². The van der Waals surface area contributed by atoms with Crippen LogP contribution in [0.3, 0.4) is 0 Å². The zero-order valence-corrected chi connectivity index (χ0v) is 28.3. The third-order valence-electron chi connectivity index (χ3n) is 11.5. The number of hydrogen-bond acceptors (Lipinski definition) is 1. The van der Waals surface area contributed by atoms with E-state index in [9.17, 15) is 0 Å². The van der Waals surface area contributed by atoms with Crippen LogP contribution in [0, 0.1) is 5.92 Å². The summed E-state index contributed by atoms with van der Waals surface area (Å²) in [6, 6.07) is 10.5. The first-order valence-corrected chi connectivity index (χ1v) is 20.9. The van der Waals surface area contributed by atoms with Crippen molar-refractivity contribution in [2.24, 2.45) is 5.92 Å². The molecule has 5 aliphatic rings. The van der Waals surface area contributed by atoms with Crippen LogP contribution in [0.2, 0.25) is 0 Å². The van der Waals surface area contributed by atoms with Crippen molar-refractivity contribution in [2.75, 3.05) is 14.1 Å². The van der Waals surface area contributed by atoms with Crippen LogP contribution in [0.4, 0.5) is 0 Å². The topological polar surface area (TPSA) is 3.24 Å². The van der Waals surface area contributed by atoms with Gasteiger partial charge in [0.05, 0.1) is 0 Å². The van der Waals surface area contributed by atoms with Gasteiger partial charge in [-0.25, -0.2) is 0 Å². The van der Waals surface area contributed by atoms with E-state index in [1.807, 2.05) is 10.6 Å². The molecular weight excluding hydrogens is 532 g/mol. The Balaban J connectivity index is 1.36. The molecule has 2 atom stereocenters. The van der Waals surface area contributed by atoms with Crippen LogP contribution in [-0.2, 0) is 0 Å². The second kappa shape index (κ2) is 15.0. The van der Waals surface area contributed by atoms with Gasteiger partial charge >= 0.3 is 0 Å². The van der Waals surface area contributed by atoms with Crippen molar-refractivity contribution in [1.29, 1.82) is 0 Å². The van der Waals surface area contributed by atoms with Crippen LogP contribution in [-0.4, -0.2) is 41.6 Å². The number of hydrogen-bond donors (Lipinski definition) is 0. The Labute approximate surface area is 255 Å². The molecule has 226 valence electrons. The molecule has 1 unspecified atom stereocenters. The summed E-state index contributed by atoms with van der Waals surface area (Å²) in [6.45, 7) is 0. The SMILES string of the molecule is CN(C)[C@@H](c1ccccc1P(C1CCCCC1)C1CCCCC1)C1C=CC=C1P(C1CCCCC1)C1CCCCC1. The maximum absolute atomic E-state index is 2.66. The number of benzene rings is 1. The Kier molecular flexibility index (Phi) is 11.2. The fourth-order valence-corrected chi connectivity index (χ4v) is 17.7. The molecule has 6 rings (SSSR count). The molecule has 0 N–H and O–H groups in total. The fourth-order valence-electron chi connectivity index (χ4n) is 9.62. The summed E-state index contributed by atoms with van der Waals surface area (Å²) in [7, 11) is 4.64. The highest BCUT2D eigenvalue weighted by molar-refractivity contribution is 7.67. The lowest BCUT2D eigenvalue weighted by molar-refractivity contribution is 0.266. The molecule has 0 aromatic heterocycles. The molecule has 0 bridgehead atoms. The summed E-state index contributed by atoms with van der Waals surface area (Å²) < 4.78 is 0. The first-order chi connectivity index (χ1) is 20.2. The van der Waals surface area contributed by atoms with Crippen LogP contribution in [0.5, 0.6) is 0 Å². The molecule has 0 radical (unpaired) electrons. The van der Waals surface area contributed by atoms with Crippen LogP contribution >= 0.6 is 15.8 Å². The quantitative estimate of drug-likeness (QED) is 0.258. The van der Waals surface area contributed by atoms with Crippen molar-refractivity contribution in [3.63, 3.8) is 0 Å². The lowest BCUT2D eigenvalue weighted by Gasteiger charge is -2.44. The zero-order chi connectivity index (χ0) is 28.0. The Morgan fingerprint density at radius 3 is 1.49 bits per heavy atom. The van der Waals surface area contributed by atoms with Gasteiger partial charge in [0, 0.05) is 12.0 Å². The molecule has 5 aliphatic carbocycles. The van der Waals surface area contributed by atoms with Gasteiger partial charge in [-0.15, -0.1) is 0 Å². The standard InChI is InChI=1S/C38H59NP2/c1-39(2)38(35-27-17-29-37(35)41(32-22-11-5-12-23-32)33-24-13-6-14-25-33)34-26-15-16-28-36(34)40(30-18-7-3-8-19-30)31-20-9-4-10-21-31/h15-17,26-33,35,38H,3-14,18-25H2,1-2H3/t35?,38-/m0/s1. The van der Waals surface area contributed by atoms with Gasteiger partial charge < -0.3 is 4.90 Å². The zero-order valence-electron chi connectivity index (χ0n) is 26.5. The predicted octanol–water partition coefficient (Wildman–Crippen LogP) is 11.3. The van der Waals surface area contributed by atoms with E-state index in [1.54, 1.807) is 5.56 Å². The molecule has 0 heterocycles. The molecule has 3 heteroatoms. The van der Waals surface area contributed by atoms with E-state index < -0.39 is 0 Å². The summed E-state index contributed by atoms with van der Waals surface area (Å²) >= 11 is 0. The van der Waals surface area contributed by atoms with E-state index >= 15 is 0 Å². The van der Waals surface area contributed by atoms with Crippen LogP contribution in [0.15, 0.2) is 47.8 Å². The number of allylic oxidation sites excluding steroid dienone is 2. The average Bonchev–Trinajstić information content (AvgIpc) is 3.49. The van der Waals surface area contributed by atoms with Gasteiger partial charge in [-0.05, 0) is 104 Å². The second-order valence-corrected chi connectivity index (χ2v) is 20.0. The Bertz CT molecular complexity index is 969. The summed E-state index contributed by atoms with van der Waals surface area (Å²) in [5.41, 5.74) is 5.60. The molecule has 0 spiro atoms. The highest BCUT2D eigenvalue weighted by Gasteiger charge is 2.41. The molecular formula is C38H59NP2. The van der Waals surface area contributed by atoms with Crippen molar-refractivity contribution >= 4 is 21.1 Å². The van der Waals surface area contributed by atoms with Crippen LogP contribution in [0.1, 0.15) is 140 Å². The van der Waals surface area contributed by atoms with Crippen molar-refractivity contribution in [3.05, 3.63) is 53.4 Å². The smallest absolute Gasteiger partial charge is 0.0452 e. The maximum Gasteiger partial charge on any atom is 0.0452 e. The van der Waals surface area contributed by atoms with Gasteiger partial charge in [0.25, 0.3) is 0 Å². The van der Waals surface area contributed by atoms with Crippen molar-refractivity contribution in [1.82, 2.24) is 4.90 Å². The summed E-state index contributed by atoms with van der Waals surface area (Å²) in [5.74, 6) is 0.565. The molecule has 0 saturated heterocycles. The predicted molar refractivity (Wildman–Crippen MR) is 185 cm³/mol. The van der Waals surface area contributed by atoms with Crippen molar-refractivity contribution in [2.45, 2.75) is 157 Å². The minimum atomic E-state index is -0.103. The van der Waals surface area contributed by atoms with E-state index in [4.69, 9.17) is 0 Å². The Morgan fingerprint density at radius 2 is 1.02 bits per heavy atom. The van der Waals surface area contributed by atoms with Gasteiger partial charge in [-0.3, -0.25) is 0 Å². The summed E-state index contributed by atoms with van der Waals surface area (Å²) in [5, 5.41) is 3.71. The van der Waals surface area contributed by atoms with Gasteiger partial charge in [-0.2, -0.15) is 0 Å². The van der Waals surface area contributed by atoms with E-state index in [2.05, 4.69) is 61.5 Å². The molecule has 0 amide bonds. The van der Waals surface area contributed by atoms with Gasteiger partial charge in [0.1, 0.15) is 0 Å². The second-order valence-electron chi connectivity index (χ2n) is 14.5. The fraction of sp³-hybridized carbons (Fsp3) is 0.737. The average molecular weight is 592 g/mol. The van der Waals surface area contributed by atoms with Crippen molar-refractivity contribution < 1.29 is 0 Å². The minimum absolute atomic E-state index is 0.0570. The molecule has 41 heavy (non-hydrogen) atoms. The number of rotatable bonds is 9. The van der Waals surface area contributed by atoms with Gasteiger partial charge in [0.2, 0.25) is 0 Å². The van der Waals surface area contributed by atoms with E-state index in [-0.39, 0.29) is 15.8 Å². The van der Waals surface area contributed by atoms with Crippen molar-refractivity contribution in [3.8, 4) is 0 Å². The summed E-state index contributed by atoms with van der Waals surface area (Å²) in [4.78, 5) is 2.64. The summed E-state index contributed by atoms with van der Waals surface area (Å²) in [6.07, 6.45) is 37.5. The highest BCUT2D eigenvalue weighted by Crippen LogP contribution is 2.65. The lowest BCUT2D eigenvalue weighted by Crippen LogP contribution is -2.34. The monoisotopic (exact) mass is 591 g/mol. The molecule has 4 saturated carbocycles. The maximum atomic E-state index is 2.66. The highest BCUT2D eigenvalue weighted by atomic mass is 31.1. The normalized spacial score (nSPS) is 26.8. The lowest BCUT2D eigenvalue weighted by atomic mass is 9.92. The molecule has 1 nitrogen and oxygen atoms in total. The minimum Gasteiger partial charge on any atom is -0.301 e. The molecule has 1 aromatic rings. The Morgan fingerprint density at radius 1 is 0.585 bits per heavy atom. The first kappa shape index (κ1) is 30.5. The molecule has 4 fully saturated rings. The van der Waals surface area contributed by atoms with Crippen LogP contribution < -0.4 is 5.30 Å². The number of nitrogens with zero attached hydrogens (tertiary/aromatic N) is 1. The van der Waals surface area contributed by atoms with E-state index in [0.717, 1.165) is 22.6 Å². The van der Waals surface area contributed by atoms with E-state index in [0.29, 0.717) is 12.0 Å². The molecule has 1 aromatic carbocycles. The van der Waals surface area contributed by atoms with Gasteiger partial charge in [-0.1, -0.05) is 135 Å². The Hall–Kier alpha value is -0.480. The third-order valence-corrected chi connectivity index (χ3v) is 18.7. The largest absolute Gasteiger partial charge is 0.301 e. The first-order valence-electron chi connectivity index (χ1n) is 17.9. The van der Waals surface area contributed by atoms with E-state index in [1.165, 1.54) is 128 Å². The van der Waals surface area contributed by atoms with Gasteiger partial charge in [0.15, 0.2) is 0 Å². The molecule has 0 aliphatic heterocycles. The third kappa shape index (κ3) is 7.10.